The summed E-state index contributed by atoms with van der Waals surface area (Å²) in [5.41, 5.74) is 5.59. The summed E-state index contributed by atoms with van der Waals surface area (Å²) in [4.78, 5) is 32.9. The number of nitrogens with zero attached hydrogens (tertiary/aromatic N) is 4. The van der Waals surface area contributed by atoms with E-state index in [9.17, 15) is 14.7 Å². The summed E-state index contributed by atoms with van der Waals surface area (Å²) in [7, 11) is 1.41. The van der Waals surface area contributed by atoms with Crippen LogP contribution in [0.5, 0.6) is 0 Å². The Kier molecular flexibility index (Phi) is 6.92. The Morgan fingerprint density at radius 3 is 2.46 bits per heavy atom. The summed E-state index contributed by atoms with van der Waals surface area (Å²) in [5.74, 6) is -0.00338. The quantitative estimate of drug-likeness (QED) is 0.709. The van der Waals surface area contributed by atoms with Crippen LogP contribution in [0.4, 0.5) is 10.5 Å². The Labute approximate surface area is 206 Å². The van der Waals surface area contributed by atoms with Crippen LogP contribution in [0.2, 0.25) is 0 Å². The topological polar surface area (TPSA) is 76.6 Å². The number of β-amino-alcohol motifs (C(OH)–C–C–N with tert-alkyl or cyclic N) is 1. The van der Waals surface area contributed by atoms with Gasteiger partial charge in [-0.15, -0.1) is 0 Å². The number of aliphatic hydroxyl groups excluding tert-OH is 1. The Bertz CT molecular complexity index is 1080. The lowest BCUT2D eigenvalue weighted by Crippen LogP contribution is -2.49. The molecule has 186 valence electrons. The lowest BCUT2D eigenvalue weighted by atomic mass is 9.97. The normalized spacial score (nSPS) is 19.3. The van der Waals surface area contributed by atoms with Gasteiger partial charge in [0.05, 0.1) is 13.2 Å². The van der Waals surface area contributed by atoms with E-state index in [4.69, 9.17) is 4.74 Å². The summed E-state index contributed by atoms with van der Waals surface area (Å²) in [5, 5.41) is 10.8. The zero-order chi connectivity index (χ0) is 24.4. The summed E-state index contributed by atoms with van der Waals surface area (Å²) in [6.45, 7) is 6.04. The van der Waals surface area contributed by atoms with Crippen LogP contribution in [0.25, 0.3) is 0 Å². The van der Waals surface area contributed by atoms with Crippen molar-refractivity contribution in [2.24, 2.45) is 0 Å². The van der Waals surface area contributed by atoms with Gasteiger partial charge in [0, 0.05) is 70.2 Å². The van der Waals surface area contributed by atoms with Crippen molar-refractivity contribution in [3.05, 3.63) is 64.7 Å². The largest absolute Gasteiger partial charge is 0.453 e. The van der Waals surface area contributed by atoms with Crippen LogP contribution in [0.3, 0.4) is 0 Å². The second-order valence-electron chi connectivity index (χ2n) is 9.69. The molecule has 1 fully saturated rings. The minimum Gasteiger partial charge on any atom is -0.453 e. The zero-order valence-corrected chi connectivity index (χ0v) is 20.4. The van der Waals surface area contributed by atoms with E-state index in [2.05, 4.69) is 40.1 Å². The molecule has 1 unspecified atom stereocenters. The van der Waals surface area contributed by atoms with Gasteiger partial charge in [0.15, 0.2) is 0 Å². The fourth-order valence-corrected chi connectivity index (χ4v) is 5.49. The van der Waals surface area contributed by atoms with Crippen LogP contribution in [0, 0.1) is 0 Å². The van der Waals surface area contributed by atoms with E-state index >= 15 is 0 Å². The first-order chi connectivity index (χ1) is 17.0. The number of aliphatic hydroxyl groups is 1. The summed E-state index contributed by atoms with van der Waals surface area (Å²) < 4.78 is 4.82. The maximum atomic E-state index is 13.2. The van der Waals surface area contributed by atoms with Gasteiger partial charge in [-0.1, -0.05) is 24.3 Å². The number of piperazine rings is 1. The number of rotatable bonds is 5. The molecule has 1 saturated heterocycles. The van der Waals surface area contributed by atoms with E-state index in [-0.39, 0.29) is 12.0 Å². The smallest absolute Gasteiger partial charge is 0.409 e. The van der Waals surface area contributed by atoms with Crippen molar-refractivity contribution >= 4 is 17.7 Å². The van der Waals surface area contributed by atoms with E-state index < -0.39 is 6.10 Å². The third kappa shape index (κ3) is 5.13. The van der Waals surface area contributed by atoms with Crippen LogP contribution in [0.15, 0.2) is 42.5 Å². The van der Waals surface area contributed by atoms with E-state index in [0.717, 1.165) is 55.8 Å². The summed E-state index contributed by atoms with van der Waals surface area (Å²) >= 11 is 0. The molecule has 0 radical (unpaired) electrons. The first kappa shape index (κ1) is 23.6. The molecule has 1 N–H and O–H groups in total. The number of methoxy groups -OCH3 is 1. The molecule has 0 aliphatic carbocycles. The van der Waals surface area contributed by atoms with Crippen LogP contribution in [-0.4, -0.2) is 97.4 Å². The number of fused-ring (bicyclic) bond motifs is 2. The number of carbonyl (C=O) groups excluding carboxylic acids is 2. The van der Waals surface area contributed by atoms with E-state index in [1.165, 1.54) is 18.2 Å². The predicted molar refractivity (Wildman–Crippen MR) is 134 cm³/mol. The average molecular weight is 479 g/mol. The molecule has 2 amide bonds. The van der Waals surface area contributed by atoms with Gasteiger partial charge in [-0.3, -0.25) is 9.69 Å². The Balaban J connectivity index is 1.16. The number of hydrogen-bond donors (Lipinski definition) is 1. The van der Waals surface area contributed by atoms with Gasteiger partial charge >= 0.3 is 6.09 Å². The molecule has 2 aromatic carbocycles. The van der Waals surface area contributed by atoms with Gasteiger partial charge in [-0.25, -0.2) is 4.79 Å². The molecule has 0 bridgehead atoms. The van der Waals surface area contributed by atoms with Crippen molar-refractivity contribution in [1.82, 2.24) is 14.7 Å². The second kappa shape index (κ2) is 10.3. The highest BCUT2D eigenvalue weighted by molar-refractivity contribution is 5.97. The van der Waals surface area contributed by atoms with Gasteiger partial charge in [0.25, 0.3) is 5.91 Å². The van der Waals surface area contributed by atoms with E-state index in [1.807, 2.05) is 12.1 Å². The Hall–Kier alpha value is -3.10. The zero-order valence-electron chi connectivity index (χ0n) is 20.4. The van der Waals surface area contributed by atoms with Crippen molar-refractivity contribution in [2.45, 2.75) is 25.5 Å². The second-order valence-corrected chi connectivity index (χ2v) is 9.69. The Morgan fingerprint density at radius 2 is 1.69 bits per heavy atom. The number of carbonyl (C=O) groups is 2. The molecule has 0 aromatic heterocycles. The van der Waals surface area contributed by atoms with Crippen molar-refractivity contribution in [2.75, 3.05) is 64.4 Å². The lowest BCUT2D eigenvalue weighted by Gasteiger charge is -2.36. The van der Waals surface area contributed by atoms with Crippen molar-refractivity contribution in [3.63, 3.8) is 0 Å². The van der Waals surface area contributed by atoms with E-state index in [1.54, 1.807) is 9.80 Å². The summed E-state index contributed by atoms with van der Waals surface area (Å²) in [6.07, 6.45) is 0.920. The molecular weight excluding hydrogens is 444 g/mol. The first-order valence-electron chi connectivity index (χ1n) is 12.5. The maximum Gasteiger partial charge on any atom is 0.409 e. The van der Waals surface area contributed by atoms with Gasteiger partial charge in [-0.2, -0.15) is 0 Å². The molecule has 8 heteroatoms. The molecule has 0 saturated carbocycles. The average Bonchev–Trinajstić information content (AvgIpc) is 2.89. The third-order valence-corrected chi connectivity index (χ3v) is 7.44. The highest BCUT2D eigenvalue weighted by atomic mass is 16.5. The maximum absolute atomic E-state index is 13.2. The van der Waals surface area contributed by atoms with Crippen LogP contribution >= 0.6 is 0 Å². The Morgan fingerprint density at radius 1 is 0.943 bits per heavy atom. The van der Waals surface area contributed by atoms with Crippen LogP contribution in [0.1, 0.15) is 27.0 Å². The lowest BCUT2D eigenvalue weighted by molar-refractivity contribution is 0.0493. The molecular formula is C27H34N4O4. The number of benzene rings is 2. The monoisotopic (exact) mass is 478 g/mol. The fourth-order valence-electron chi connectivity index (χ4n) is 5.49. The number of hydrogen-bond acceptors (Lipinski definition) is 6. The van der Waals surface area contributed by atoms with Gasteiger partial charge < -0.3 is 24.5 Å². The molecule has 35 heavy (non-hydrogen) atoms. The van der Waals surface area contributed by atoms with Crippen molar-refractivity contribution < 1.29 is 19.4 Å². The molecule has 3 heterocycles. The van der Waals surface area contributed by atoms with Gasteiger partial charge in [0.2, 0.25) is 0 Å². The fraction of sp³-hybridized carbons (Fsp3) is 0.481. The van der Waals surface area contributed by atoms with E-state index in [0.29, 0.717) is 32.7 Å². The standard InChI is InChI=1S/C27H34N4O4/c1-35-27(34)30-14-12-29(13-15-30)23-6-7-25-21(16-23)9-11-31(26(25)33)19-24(32)18-28-10-8-20-4-2-3-5-22(20)17-28/h2-7,16,24,32H,8-15,17-19H2,1H3. The molecule has 5 rings (SSSR count). The minimum absolute atomic E-state index is 0.00338. The third-order valence-electron chi connectivity index (χ3n) is 7.44. The molecule has 1 atom stereocenters. The number of ether oxygens (including phenoxy) is 1. The molecule has 2 aromatic rings. The van der Waals surface area contributed by atoms with Crippen molar-refractivity contribution in [1.29, 1.82) is 0 Å². The highest BCUT2D eigenvalue weighted by Crippen LogP contribution is 2.26. The highest BCUT2D eigenvalue weighted by Gasteiger charge is 2.28. The molecule has 3 aliphatic rings. The van der Waals surface area contributed by atoms with Gasteiger partial charge in [-0.05, 0) is 47.7 Å². The summed E-state index contributed by atoms with van der Waals surface area (Å²) in [6, 6.07) is 14.5. The predicted octanol–water partition coefficient (Wildman–Crippen LogP) is 1.99. The molecule has 0 spiro atoms. The minimum atomic E-state index is -0.573. The first-order valence-corrected chi connectivity index (χ1v) is 12.5. The van der Waals surface area contributed by atoms with Crippen LogP contribution < -0.4 is 4.90 Å². The van der Waals surface area contributed by atoms with Crippen LogP contribution in [-0.2, 0) is 24.1 Å². The molecule has 8 nitrogen and oxygen atoms in total. The number of amides is 2. The van der Waals surface area contributed by atoms with Crippen molar-refractivity contribution in [3.8, 4) is 0 Å². The number of anilines is 1. The van der Waals surface area contributed by atoms with Gasteiger partial charge in [0.1, 0.15) is 0 Å². The SMILES string of the molecule is COC(=O)N1CCN(c2ccc3c(c2)CCN(CC(O)CN2CCc4ccccc4C2)C3=O)CC1. The molecule has 3 aliphatic heterocycles.